The predicted molar refractivity (Wildman–Crippen MR) is 82.9 cm³/mol. The van der Waals surface area contributed by atoms with Crippen LogP contribution in [0.1, 0.15) is 11.1 Å². The molecule has 2 aromatic carbocycles. The summed E-state index contributed by atoms with van der Waals surface area (Å²) in [6.45, 7) is 4.35. The summed E-state index contributed by atoms with van der Waals surface area (Å²) < 4.78 is 24.3. The summed E-state index contributed by atoms with van der Waals surface area (Å²) in [6.07, 6.45) is 0. The third-order valence-electron chi connectivity index (χ3n) is 3.10. The van der Waals surface area contributed by atoms with Crippen LogP contribution in [0.3, 0.4) is 0 Å². The lowest BCUT2D eigenvalue weighted by atomic mass is 10.2. The average Bonchev–Trinajstić information content (AvgIpc) is 2.39. The summed E-state index contributed by atoms with van der Waals surface area (Å²) in [4.78, 5) is 0.383. The molecule has 1 N–H and O–H groups in total. The van der Waals surface area contributed by atoms with E-state index in [1.54, 1.807) is 12.1 Å². The molecule has 0 aromatic heterocycles. The van der Waals surface area contributed by atoms with Crippen molar-refractivity contribution in [1.29, 1.82) is 0 Å². The molecule has 0 saturated carbocycles. The van der Waals surface area contributed by atoms with E-state index < -0.39 is 9.84 Å². The molecule has 0 aliphatic heterocycles. The smallest absolute Gasteiger partial charge is 0.180 e. The molecule has 0 atom stereocenters. The number of hydrogen-bond acceptors (Lipinski definition) is 3. The van der Waals surface area contributed by atoms with E-state index >= 15 is 0 Å². The lowest BCUT2D eigenvalue weighted by Crippen LogP contribution is -2.16. The first-order valence-corrected chi connectivity index (χ1v) is 8.22. The van der Waals surface area contributed by atoms with E-state index in [2.05, 4.69) is 5.32 Å². The minimum atomic E-state index is -3.22. The molecule has 0 saturated heterocycles. The van der Waals surface area contributed by atoms with Gasteiger partial charge < -0.3 is 5.32 Å². The Morgan fingerprint density at radius 2 is 1.65 bits per heavy atom. The molecular formula is C16H19NO2S. The van der Waals surface area contributed by atoms with Crippen molar-refractivity contribution in [2.45, 2.75) is 18.7 Å². The van der Waals surface area contributed by atoms with E-state index in [1.807, 2.05) is 50.2 Å². The van der Waals surface area contributed by atoms with Gasteiger partial charge in [0.25, 0.3) is 0 Å². The quantitative estimate of drug-likeness (QED) is 0.919. The fourth-order valence-electron chi connectivity index (χ4n) is 1.95. The number of nitrogens with one attached hydrogen (secondary N) is 1. The summed E-state index contributed by atoms with van der Waals surface area (Å²) in [6, 6.07) is 14.9. The molecule has 0 radical (unpaired) electrons. The van der Waals surface area contributed by atoms with E-state index in [0.717, 1.165) is 16.8 Å². The van der Waals surface area contributed by atoms with Crippen molar-refractivity contribution >= 4 is 15.5 Å². The zero-order valence-electron chi connectivity index (χ0n) is 11.8. The monoisotopic (exact) mass is 289 g/mol. The van der Waals surface area contributed by atoms with Gasteiger partial charge in [-0.25, -0.2) is 8.42 Å². The lowest BCUT2D eigenvalue weighted by molar-refractivity contribution is 0.596. The second kappa shape index (κ2) is 6.09. The molecule has 4 heteroatoms. The van der Waals surface area contributed by atoms with Gasteiger partial charge in [0.15, 0.2) is 9.84 Å². The van der Waals surface area contributed by atoms with Crippen LogP contribution in [0.4, 0.5) is 5.69 Å². The van der Waals surface area contributed by atoms with Crippen molar-refractivity contribution in [3.05, 3.63) is 59.7 Å². The molecule has 20 heavy (non-hydrogen) atoms. The maximum absolute atomic E-state index is 12.2. The minimum absolute atomic E-state index is 0.0873. The van der Waals surface area contributed by atoms with Crippen LogP contribution in [0.15, 0.2) is 53.4 Å². The highest BCUT2D eigenvalue weighted by molar-refractivity contribution is 7.91. The molecule has 0 unspecified atom stereocenters. The Labute approximate surface area is 120 Å². The third kappa shape index (κ3) is 3.84. The van der Waals surface area contributed by atoms with Crippen LogP contribution in [0.5, 0.6) is 0 Å². The number of anilines is 1. The standard InChI is InChI=1S/C16H19NO2S/c1-13-6-8-16(9-7-13)20(18,19)11-10-17-15-5-3-4-14(2)12-15/h3-9,12,17H,10-11H2,1-2H3. The van der Waals surface area contributed by atoms with Crippen molar-refractivity contribution in [3.8, 4) is 0 Å². The Morgan fingerprint density at radius 1 is 0.950 bits per heavy atom. The fraction of sp³-hybridized carbons (Fsp3) is 0.250. The molecule has 2 aromatic rings. The highest BCUT2D eigenvalue weighted by Gasteiger charge is 2.13. The van der Waals surface area contributed by atoms with E-state index in [0.29, 0.717) is 11.4 Å². The van der Waals surface area contributed by atoms with Gasteiger partial charge in [-0.2, -0.15) is 0 Å². The van der Waals surface area contributed by atoms with Crippen LogP contribution in [0, 0.1) is 13.8 Å². The Kier molecular flexibility index (Phi) is 4.45. The van der Waals surface area contributed by atoms with Crippen LogP contribution in [0.25, 0.3) is 0 Å². The zero-order valence-corrected chi connectivity index (χ0v) is 12.6. The minimum Gasteiger partial charge on any atom is -0.384 e. The molecule has 106 valence electrons. The van der Waals surface area contributed by atoms with Gasteiger partial charge in [0.2, 0.25) is 0 Å². The van der Waals surface area contributed by atoms with Gasteiger partial charge in [-0.3, -0.25) is 0 Å². The first-order chi connectivity index (χ1) is 9.47. The molecule has 0 fully saturated rings. The molecule has 0 amide bonds. The van der Waals surface area contributed by atoms with Crippen molar-refractivity contribution in [1.82, 2.24) is 0 Å². The molecule has 0 heterocycles. The van der Waals surface area contributed by atoms with Crippen molar-refractivity contribution in [3.63, 3.8) is 0 Å². The summed E-state index contributed by atoms with van der Waals surface area (Å²) in [5.74, 6) is 0.0873. The fourth-order valence-corrected chi connectivity index (χ4v) is 3.11. The van der Waals surface area contributed by atoms with E-state index in [9.17, 15) is 8.42 Å². The van der Waals surface area contributed by atoms with Gasteiger partial charge in [0.1, 0.15) is 0 Å². The number of aryl methyl sites for hydroxylation is 2. The maximum Gasteiger partial charge on any atom is 0.180 e. The van der Waals surface area contributed by atoms with E-state index in [1.165, 1.54) is 0 Å². The van der Waals surface area contributed by atoms with Crippen LogP contribution in [0.2, 0.25) is 0 Å². The van der Waals surface area contributed by atoms with E-state index in [4.69, 9.17) is 0 Å². The molecule has 0 spiro atoms. The highest BCUT2D eigenvalue weighted by Crippen LogP contribution is 2.13. The number of hydrogen-bond donors (Lipinski definition) is 1. The lowest BCUT2D eigenvalue weighted by Gasteiger charge is -2.08. The van der Waals surface area contributed by atoms with Crippen molar-refractivity contribution in [2.24, 2.45) is 0 Å². The van der Waals surface area contributed by atoms with Crippen LogP contribution < -0.4 is 5.32 Å². The molecule has 0 aliphatic rings. The predicted octanol–water partition coefficient (Wildman–Crippen LogP) is 3.19. The topological polar surface area (TPSA) is 46.2 Å². The van der Waals surface area contributed by atoms with Gasteiger partial charge >= 0.3 is 0 Å². The van der Waals surface area contributed by atoms with E-state index in [-0.39, 0.29) is 5.75 Å². The van der Waals surface area contributed by atoms with Crippen LogP contribution in [-0.4, -0.2) is 20.7 Å². The molecule has 3 nitrogen and oxygen atoms in total. The molecular weight excluding hydrogens is 270 g/mol. The van der Waals surface area contributed by atoms with Crippen LogP contribution >= 0.6 is 0 Å². The Morgan fingerprint density at radius 3 is 2.30 bits per heavy atom. The maximum atomic E-state index is 12.2. The van der Waals surface area contributed by atoms with Gasteiger partial charge in [-0.05, 0) is 43.7 Å². The average molecular weight is 289 g/mol. The second-order valence-corrected chi connectivity index (χ2v) is 7.04. The molecule has 2 rings (SSSR count). The Bertz CT molecular complexity index is 676. The van der Waals surface area contributed by atoms with Gasteiger partial charge in [0.05, 0.1) is 10.6 Å². The van der Waals surface area contributed by atoms with Gasteiger partial charge in [-0.15, -0.1) is 0 Å². The zero-order chi connectivity index (χ0) is 14.6. The SMILES string of the molecule is Cc1ccc(S(=O)(=O)CCNc2cccc(C)c2)cc1. The van der Waals surface area contributed by atoms with Gasteiger partial charge in [0, 0.05) is 12.2 Å². The summed E-state index contributed by atoms with van der Waals surface area (Å²) >= 11 is 0. The molecule has 0 bridgehead atoms. The normalized spacial score (nSPS) is 11.3. The number of sulfone groups is 1. The first-order valence-electron chi connectivity index (χ1n) is 6.57. The van der Waals surface area contributed by atoms with Crippen molar-refractivity contribution < 1.29 is 8.42 Å². The first kappa shape index (κ1) is 14.6. The Balaban J connectivity index is 1.98. The number of benzene rings is 2. The Hall–Kier alpha value is -1.81. The number of rotatable bonds is 5. The summed E-state index contributed by atoms with van der Waals surface area (Å²) in [7, 11) is -3.22. The summed E-state index contributed by atoms with van der Waals surface area (Å²) in [5, 5.41) is 3.14. The van der Waals surface area contributed by atoms with Crippen LogP contribution in [-0.2, 0) is 9.84 Å². The second-order valence-electron chi connectivity index (χ2n) is 4.93. The third-order valence-corrected chi connectivity index (χ3v) is 4.83. The van der Waals surface area contributed by atoms with Gasteiger partial charge in [-0.1, -0.05) is 29.8 Å². The highest BCUT2D eigenvalue weighted by atomic mass is 32.2. The largest absolute Gasteiger partial charge is 0.384 e. The molecule has 0 aliphatic carbocycles. The van der Waals surface area contributed by atoms with Crippen molar-refractivity contribution in [2.75, 3.05) is 17.6 Å². The summed E-state index contributed by atoms with van der Waals surface area (Å²) in [5.41, 5.74) is 3.15.